The summed E-state index contributed by atoms with van der Waals surface area (Å²) >= 11 is 9.60. The van der Waals surface area contributed by atoms with Crippen molar-refractivity contribution < 1.29 is 4.79 Å². The first-order valence-corrected chi connectivity index (χ1v) is 8.22. The highest BCUT2D eigenvalue weighted by Gasteiger charge is 2.26. The Kier molecular flexibility index (Phi) is 5.28. The number of nitrogens with one attached hydrogen (secondary N) is 1. The molecule has 0 aliphatic heterocycles. The third-order valence-corrected chi connectivity index (χ3v) is 5.29. The molecule has 0 spiro atoms. The fourth-order valence-corrected chi connectivity index (χ4v) is 3.78. The zero-order chi connectivity index (χ0) is 13.8. The average Bonchev–Trinajstić information content (AvgIpc) is 2.86. The van der Waals surface area contributed by atoms with Crippen LogP contribution in [0.15, 0.2) is 18.2 Å². The van der Waals surface area contributed by atoms with Gasteiger partial charge in [-0.2, -0.15) is 0 Å². The number of hydrogen-bond donors (Lipinski definition) is 1. The number of halogens is 2. The second kappa shape index (κ2) is 6.76. The molecule has 1 aliphatic rings. The smallest absolute Gasteiger partial charge is 0.251 e. The molecule has 0 aromatic heterocycles. The molecule has 1 fully saturated rings. The summed E-state index contributed by atoms with van der Waals surface area (Å²) in [6, 6.07) is 5.46. The van der Waals surface area contributed by atoms with E-state index in [9.17, 15) is 4.79 Å². The number of rotatable bonds is 4. The fourth-order valence-electron chi connectivity index (χ4n) is 2.76. The highest BCUT2D eigenvalue weighted by Crippen LogP contribution is 2.32. The lowest BCUT2D eigenvalue weighted by Gasteiger charge is -2.18. The Bertz CT molecular complexity index is 463. The minimum atomic E-state index is -0.0137. The Morgan fingerprint density at radius 2 is 2.16 bits per heavy atom. The van der Waals surface area contributed by atoms with E-state index in [1.165, 1.54) is 19.3 Å². The van der Waals surface area contributed by atoms with Crippen molar-refractivity contribution >= 4 is 33.4 Å². The quantitative estimate of drug-likeness (QED) is 0.815. The molecule has 1 N–H and O–H groups in total. The van der Waals surface area contributed by atoms with E-state index in [1.807, 2.05) is 25.1 Å². The molecule has 1 aromatic carbocycles. The van der Waals surface area contributed by atoms with E-state index < -0.39 is 0 Å². The Labute approximate surface area is 128 Å². The fraction of sp³-hybridized carbons (Fsp3) is 0.533. The normalized spacial score (nSPS) is 22.5. The van der Waals surface area contributed by atoms with Gasteiger partial charge < -0.3 is 5.32 Å². The van der Waals surface area contributed by atoms with E-state index in [-0.39, 0.29) is 5.91 Å². The lowest BCUT2D eigenvalue weighted by Crippen LogP contribution is -2.31. The maximum atomic E-state index is 12.2. The standard InChI is InChI=1S/C15H19BrClNO/c1-10-13(6-3-7-14(10)17)15(19)18-9-12-5-2-4-11(12)8-16/h3,6-7,11-12H,2,4-5,8-9H2,1H3,(H,18,19). The Morgan fingerprint density at radius 1 is 1.42 bits per heavy atom. The van der Waals surface area contributed by atoms with Crippen LogP contribution in [0.3, 0.4) is 0 Å². The minimum Gasteiger partial charge on any atom is -0.352 e. The van der Waals surface area contributed by atoms with Gasteiger partial charge in [0.25, 0.3) is 5.91 Å². The Hall–Kier alpha value is -0.540. The predicted octanol–water partition coefficient (Wildman–Crippen LogP) is 4.19. The van der Waals surface area contributed by atoms with Crippen LogP contribution in [0.5, 0.6) is 0 Å². The molecular formula is C15H19BrClNO. The first-order chi connectivity index (χ1) is 9.13. The summed E-state index contributed by atoms with van der Waals surface area (Å²) in [7, 11) is 0. The summed E-state index contributed by atoms with van der Waals surface area (Å²) in [6.07, 6.45) is 3.75. The SMILES string of the molecule is Cc1c(Cl)cccc1C(=O)NCC1CCCC1CBr. The Morgan fingerprint density at radius 3 is 2.89 bits per heavy atom. The third kappa shape index (κ3) is 3.51. The third-order valence-electron chi connectivity index (χ3n) is 4.05. The van der Waals surface area contributed by atoms with Crippen LogP contribution in [0.1, 0.15) is 35.2 Å². The van der Waals surface area contributed by atoms with Crippen LogP contribution < -0.4 is 5.32 Å². The van der Waals surface area contributed by atoms with Crippen LogP contribution in [0.4, 0.5) is 0 Å². The zero-order valence-corrected chi connectivity index (χ0v) is 13.4. The first kappa shape index (κ1) is 14.9. The van der Waals surface area contributed by atoms with E-state index in [0.717, 1.165) is 17.4 Å². The summed E-state index contributed by atoms with van der Waals surface area (Å²) in [4.78, 5) is 12.2. The van der Waals surface area contributed by atoms with Crippen molar-refractivity contribution in [2.24, 2.45) is 11.8 Å². The molecule has 1 aliphatic carbocycles. The van der Waals surface area contributed by atoms with E-state index >= 15 is 0 Å². The van der Waals surface area contributed by atoms with Gasteiger partial charge in [0.05, 0.1) is 0 Å². The van der Waals surface area contributed by atoms with E-state index in [2.05, 4.69) is 21.2 Å². The molecule has 0 heterocycles. The summed E-state index contributed by atoms with van der Waals surface area (Å²) in [5.74, 6) is 1.28. The van der Waals surface area contributed by atoms with E-state index in [1.54, 1.807) is 0 Å². The first-order valence-electron chi connectivity index (χ1n) is 6.72. The molecule has 2 atom stereocenters. The zero-order valence-electron chi connectivity index (χ0n) is 11.1. The van der Waals surface area contributed by atoms with E-state index in [4.69, 9.17) is 11.6 Å². The molecule has 19 heavy (non-hydrogen) atoms. The summed E-state index contributed by atoms with van der Waals surface area (Å²) < 4.78 is 0. The van der Waals surface area contributed by atoms with Gasteiger partial charge >= 0.3 is 0 Å². The van der Waals surface area contributed by atoms with Gasteiger partial charge in [-0.1, -0.05) is 40.0 Å². The summed E-state index contributed by atoms with van der Waals surface area (Å²) in [5.41, 5.74) is 1.53. The van der Waals surface area contributed by atoms with Crippen molar-refractivity contribution in [3.8, 4) is 0 Å². The van der Waals surface area contributed by atoms with Gasteiger partial charge in [-0.3, -0.25) is 4.79 Å². The second-order valence-electron chi connectivity index (χ2n) is 5.23. The highest BCUT2D eigenvalue weighted by atomic mass is 79.9. The number of carbonyl (C=O) groups excluding carboxylic acids is 1. The highest BCUT2D eigenvalue weighted by molar-refractivity contribution is 9.09. The van der Waals surface area contributed by atoms with Crippen molar-refractivity contribution in [1.29, 1.82) is 0 Å². The lowest BCUT2D eigenvalue weighted by molar-refractivity contribution is 0.0944. The van der Waals surface area contributed by atoms with Crippen LogP contribution in [0.2, 0.25) is 5.02 Å². The van der Waals surface area contributed by atoms with Crippen LogP contribution >= 0.6 is 27.5 Å². The monoisotopic (exact) mass is 343 g/mol. The molecule has 104 valence electrons. The molecule has 0 radical (unpaired) electrons. The number of carbonyl (C=O) groups is 1. The number of benzene rings is 1. The topological polar surface area (TPSA) is 29.1 Å². The molecule has 0 bridgehead atoms. The van der Waals surface area contributed by atoms with Gasteiger partial charge in [-0.05, 0) is 49.3 Å². The van der Waals surface area contributed by atoms with Gasteiger partial charge in [-0.15, -0.1) is 0 Å². The van der Waals surface area contributed by atoms with Gasteiger partial charge in [0.1, 0.15) is 0 Å². The van der Waals surface area contributed by atoms with Crippen molar-refractivity contribution in [2.45, 2.75) is 26.2 Å². The average molecular weight is 345 g/mol. The summed E-state index contributed by atoms with van der Waals surface area (Å²) in [6.45, 7) is 2.65. The number of amides is 1. The number of alkyl halides is 1. The van der Waals surface area contributed by atoms with Crippen molar-refractivity contribution in [3.05, 3.63) is 34.3 Å². The van der Waals surface area contributed by atoms with Gasteiger partial charge in [0.15, 0.2) is 0 Å². The maximum Gasteiger partial charge on any atom is 0.251 e. The largest absolute Gasteiger partial charge is 0.352 e. The molecule has 1 amide bonds. The Balaban J connectivity index is 1.96. The van der Waals surface area contributed by atoms with Gasteiger partial charge in [-0.25, -0.2) is 0 Å². The van der Waals surface area contributed by atoms with Gasteiger partial charge in [0.2, 0.25) is 0 Å². The molecule has 0 saturated heterocycles. The van der Waals surface area contributed by atoms with Crippen LogP contribution in [0.25, 0.3) is 0 Å². The maximum absolute atomic E-state index is 12.2. The summed E-state index contributed by atoms with van der Waals surface area (Å²) in [5, 5.41) is 4.73. The molecular weight excluding hydrogens is 326 g/mol. The van der Waals surface area contributed by atoms with Gasteiger partial charge in [0, 0.05) is 22.5 Å². The van der Waals surface area contributed by atoms with Crippen molar-refractivity contribution in [1.82, 2.24) is 5.32 Å². The lowest BCUT2D eigenvalue weighted by atomic mass is 9.98. The van der Waals surface area contributed by atoms with Crippen molar-refractivity contribution in [3.63, 3.8) is 0 Å². The predicted molar refractivity (Wildman–Crippen MR) is 83.1 cm³/mol. The second-order valence-corrected chi connectivity index (χ2v) is 6.28. The molecule has 1 saturated carbocycles. The molecule has 2 unspecified atom stereocenters. The van der Waals surface area contributed by atoms with Crippen LogP contribution in [-0.2, 0) is 0 Å². The number of hydrogen-bond acceptors (Lipinski definition) is 1. The molecule has 2 nitrogen and oxygen atoms in total. The van der Waals surface area contributed by atoms with E-state index in [0.29, 0.717) is 22.4 Å². The molecule has 4 heteroatoms. The van der Waals surface area contributed by atoms with Crippen LogP contribution in [0, 0.1) is 18.8 Å². The van der Waals surface area contributed by atoms with Crippen molar-refractivity contribution in [2.75, 3.05) is 11.9 Å². The van der Waals surface area contributed by atoms with Crippen LogP contribution in [-0.4, -0.2) is 17.8 Å². The molecule has 1 aromatic rings. The molecule has 2 rings (SSSR count). The minimum absolute atomic E-state index is 0.0137.